The molecule has 628 valence electrons. The van der Waals surface area contributed by atoms with Gasteiger partial charge in [-0.1, -0.05) is 6.07 Å². The minimum atomic E-state index is -0.943. The number of likely N-dealkylation sites (tertiary alicyclic amines) is 2. The first-order valence-corrected chi connectivity index (χ1v) is 38.8. The van der Waals surface area contributed by atoms with Crippen LogP contribution in [0.15, 0.2) is 196 Å². The molecule has 9 aromatic heterocycles. The summed E-state index contributed by atoms with van der Waals surface area (Å²) < 4.78 is 133. The van der Waals surface area contributed by atoms with Crippen LogP contribution in [0.2, 0.25) is 0 Å². The van der Waals surface area contributed by atoms with Gasteiger partial charge in [0.15, 0.2) is 6.29 Å². The van der Waals surface area contributed by atoms with E-state index in [1.807, 2.05) is 6.07 Å². The number of hydrogen-bond acceptors (Lipinski definition) is 17. The summed E-state index contributed by atoms with van der Waals surface area (Å²) in [5.41, 5.74) is 1.84. The number of hydrogen-bond donors (Lipinski definition) is 1. The highest BCUT2D eigenvalue weighted by Gasteiger charge is 2.29. The lowest BCUT2D eigenvalue weighted by Crippen LogP contribution is -2.49. The normalized spacial score (nSPS) is 14.2. The van der Waals surface area contributed by atoms with E-state index in [1.54, 1.807) is 87.9 Å². The molecule has 3 amide bonds. The molecule has 4 aromatic carbocycles. The lowest BCUT2D eigenvalue weighted by Gasteiger charge is -2.37. The number of urea groups is 1. The van der Waals surface area contributed by atoms with E-state index in [0.717, 1.165) is 70.5 Å². The molecule has 12 heterocycles. The van der Waals surface area contributed by atoms with Crippen molar-refractivity contribution in [3.63, 3.8) is 0 Å². The number of imide groups is 1. The van der Waals surface area contributed by atoms with Crippen LogP contribution in [-0.2, 0) is 73.2 Å². The lowest BCUT2D eigenvalue weighted by molar-refractivity contribution is -0.121. The van der Waals surface area contributed by atoms with Crippen LogP contribution in [0, 0.1) is 46.5 Å². The Labute approximate surface area is 690 Å². The highest BCUT2D eigenvalue weighted by atomic mass is 19.2. The van der Waals surface area contributed by atoms with E-state index < -0.39 is 58.1 Å². The standard InChI is InChI=1S/C39H45F2N7O5.C18H14F2N2O2.C17H12F2N2O2.C16H10F2N2O2/c1-44-25-33(30-4-11-42-23-32(30)38(44)51)27-21-34(40)31(35(41)22-27)9-17-45-13-5-28(6-14-45)53-29-7-15-46(16-8-29)19-20-47-12-2-3-26(37(47)50)24-48-18-10-36(49)43-39(48)52;1-22-10-15(12-3-5-21-9-14(12)18(22)23)11-7-16(19)13(4-6-24-2)17(20)8-11;1-21-9-14(11-2-4-20-8-13(11)17(21)23)10-6-15(18)12(3-5-22)16(19)7-10;1-20-7-12(10-2-3-19-6-11(10)16(20)22)9-4-14(17)13(8-21)15(18)5-9/h2-4,11-12,21-23,25,28-29H,5-10,13-20,24H2,1H3,(H,43,49,52);3-10H,1-2H3;2,4-9H,3H2,1H3;2-8H,1H3. The van der Waals surface area contributed by atoms with Crippen molar-refractivity contribution < 1.29 is 63.8 Å². The Morgan fingerprint density at radius 3 is 1.20 bits per heavy atom. The summed E-state index contributed by atoms with van der Waals surface area (Å²) in [6.45, 7) is 5.66. The number of halogens is 8. The number of methoxy groups -OCH3 is 1. The van der Waals surface area contributed by atoms with Gasteiger partial charge in [0.2, 0.25) is 5.91 Å². The maximum atomic E-state index is 15.3. The molecule has 3 fully saturated rings. The molecule has 13 aromatic rings. The fourth-order valence-corrected chi connectivity index (χ4v) is 15.3. The number of carbonyl (C=O) groups excluding carboxylic acids is 4. The van der Waals surface area contributed by atoms with Crippen molar-refractivity contribution in [2.75, 3.05) is 52.9 Å². The Kier molecular flexibility index (Phi) is 27.0. The summed E-state index contributed by atoms with van der Waals surface area (Å²) >= 11 is 0. The number of aromatic nitrogens is 9. The number of pyridine rings is 9. The molecule has 0 unspecified atom stereocenters. The lowest BCUT2D eigenvalue weighted by atomic mass is 9.98. The Hall–Kier alpha value is -13.6. The van der Waals surface area contributed by atoms with E-state index in [4.69, 9.17) is 9.47 Å². The Bertz CT molecular complexity index is 6480. The van der Waals surface area contributed by atoms with Gasteiger partial charge in [-0.15, -0.1) is 0 Å². The van der Waals surface area contributed by atoms with Crippen LogP contribution in [0.25, 0.3) is 93.7 Å². The van der Waals surface area contributed by atoms with Crippen molar-refractivity contribution in [3.8, 4) is 44.5 Å². The molecule has 3 aliphatic rings. The number of nitrogens with zero attached hydrogens (tertiary/aromatic N) is 12. The van der Waals surface area contributed by atoms with Crippen molar-refractivity contribution in [2.45, 2.75) is 70.2 Å². The summed E-state index contributed by atoms with van der Waals surface area (Å²) in [5, 5.41) is 6.09. The summed E-state index contributed by atoms with van der Waals surface area (Å²) in [7, 11) is 7.70. The molecule has 24 nitrogen and oxygen atoms in total. The molecule has 0 spiro atoms. The minimum absolute atomic E-state index is 0.0671. The SMILES string of the molecule is COC=Cc1c(F)cc(-c2cn(C)c(=O)c3cnccc23)cc1F.Cn1cc(-c2cc(F)c(C=O)c(F)c2)c2ccncc2c1=O.Cn1cc(-c2cc(F)c(CC=O)c(F)c2)c2ccncc2c1=O.Cn1cc(-c2cc(F)c(CCN3CCC(OC4CCN(CCn5cccc(CN6CCC(=O)NC6=O)c5=O)CC4)CC3)c(F)c2)c2ccncc2c1=O. The molecule has 0 saturated carbocycles. The molecule has 3 aliphatic heterocycles. The smallest absolute Gasteiger partial charge is 0.324 e. The fraction of sp³-hybridized carbons (Fsp3) is 0.256. The number of rotatable bonds is 19. The first kappa shape index (κ1) is 86.3. The second-order valence-electron chi connectivity index (χ2n) is 29.6. The van der Waals surface area contributed by atoms with Gasteiger partial charge in [0.25, 0.3) is 27.8 Å². The summed E-state index contributed by atoms with van der Waals surface area (Å²) in [6, 6.07) is 19.3. The van der Waals surface area contributed by atoms with Gasteiger partial charge >= 0.3 is 6.03 Å². The quantitative estimate of drug-likeness (QED) is 0.0448. The number of aldehydes is 2. The van der Waals surface area contributed by atoms with Gasteiger partial charge in [0.05, 0.1) is 59.2 Å². The van der Waals surface area contributed by atoms with E-state index >= 15 is 8.78 Å². The number of piperidine rings is 2. The molecule has 16 rings (SSSR count). The number of aryl methyl sites for hydroxylation is 4. The zero-order chi connectivity index (χ0) is 86.7. The van der Waals surface area contributed by atoms with Gasteiger partial charge in [-0.05, 0) is 161 Å². The Morgan fingerprint density at radius 2 is 0.828 bits per heavy atom. The third kappa shape index (κ3) is 19.2. The van der Waals surface area contributed by atoms with Gasteiger partial charge < -0.3 is 51.8 Å². The largest absolute Gasteiger partial charge is 0.504 e. The van der Waals surface area contributed by atoms with Gasteiger partial charge in [-0.3, -0.25) is 58.8 Å². The van der Waals surface area contributed by atoms with E-state index in [9.17, 15) is 69.5 Å². The van der Waals surface area contributed by atoms with Crippen molar-refractivity contribution in [2.24, 2.45) is 28.2 Å². The van der Waals surface area contributed by atoms with E-state index in [0.29, 0.717) is 114 Å². The van der Waals surface area contributed by atoms with Gasteiger partial charge in [0, 0.05) is 218 Å². The average molecular weight is 1670 g/mol. The first-order chi connectivity index (χ1) is 58.7. The van der Waals surface area contributed by atoms with Crippen LogP contribution in [0.1, 0.15) is 64.7 Å². The predicted molar refractivity (Wildman–Crippen MR) is 444 cm³/mol. The van der Waals surface area contributed by atoms with E-state index in [1.165, 1.54) is 135 Å². The minimum Gasteiger partial charge on any atom is -0.504 e. The first-order valence-electron chi connectivity index (χ1n) is 38.8. The maximum absolute atomic E-state index is 15.3. The second kappa shape index (κ2) is 38.2. The highest BCUT2D eigenvalue weighted by molar-refractivity contribution is 5.99. The van der Waals surface area contributed by atoms with Gasteiger partial charge in [-0.25, -0.2) is 39.9 Å². The molecule has 0 atom stereocenters. The highest BCUT2D eigenvalue weighted by Crippen LogP contribution is 2.35. The zero-order valence-corrected chi connectivity index (χ0v) is 66.7. The van der Waals surface area contributed by atoms with Crippen LogP contribution in [0.3, 0.4) is 0 Å². The number of nitrogens with one attached hydrogen (secondary N) is 1. The molecule has 3 saturated heterocycles. The monoisotopic (exact) mass is 1670 g/mol. The topological polar surface area (TPSA) is 270 Å². The zero-order valence-electron chi connectivity index (χ0n) is 66.7. The van der Waals surface area contributed by atoms with Gasteiger partial charge in [-0.2, -0.15) is 0 Å². The maximum Gasteiger partial charge on any atom is 0.324 e. The third-order valence-electron chi connectivity index (χ3n) is 21.8. The van der Waals surface area contributed by atoms with Crippen LogP contribution >= 0.6 is 0 Å². The van der Waals surface area contributed by atoms with Crippen molar-refractivity contribution in [3.05, 3.63) is 298 Å². The second-order valence-corrected chi connectivity index (χ2v) is 29.6. The van der Waals surface area contributed by atoms with Crippen LogP contribution < -0.4 is 33.1 Å². The molecular weight excluding hydrogens is 1590 g/mol. The predicted octanol–water partition coefficient (Wildman–Crippen LogP) is 12.5. The summed E-state index contributed by atoms with van der Waals surface area (Å²) in [5.74, 6) is -6.38. The van der Waals surface area contributed by atoms with E-state index in [-0.39, 0.29) is 100 Å². The van der Waals surface area contributed by atoms with E-state index in [2.05, 4.69) is 35.1 Å². The Balaban J connectivity index is 0.000000154. The molecule has 32 heteroatoms. The Morgan fingerprint density at radius 1 is 0.451 bits per heavy atom. The fourth-order valence-electron chi connectivity index (χ4n) is 15.3. The number of carbonyl (C=O) groups is 4. The molecule has 0 radical (unpaired) electrons. The van der Waals surface area contributed by atoms with Crippen molar-refractivity contribution in [1.82, 2.24) is 62.8 Å². The summed E-state index contributed by atoms with van der Waals surface area (Å²) in [4.78, 5) is 129. The number of benzene rings is 4. The molecular formula is C90H81F8N13O11. The molecule has 0 bridgehead atoms. The molecule has 122 heavy (non-hydrogen) atoms. The number of amides is 3. The van der Waals surface area contributed by atoms with Crippen LogP contribution in [0.5, 0.6) is 0 Å². The summed E-state index contributed by atoms with van der Waals surface area (Å²) in [6.07, 6.45) is 26.9. The molecule has 0 aliphatic carbocycles. The van der Waals surface area contributed by atoms with Crippen LogP contribution in [-0.4, -0.2) is 147 Å². The number of ether oxygens (including phenoxy) is 2. The third-order valence-corrected chi connectivity index (χ3v) is 21.8. The average Bonchev–Trinajstić information content (AvgIpc) is 0.786. The van der Waals surface area contributed by atoms with Gasteiger partial charge in [0.1, 0.15) is 52.8 Å². The van der Waals surface area contributed by atoms with Crippen molar-refractivity contribution >= 4 is 73.7 Å². The van der Waals surface area contributed by atoms with Crippen LogP contribution in [0.4, 0.5) is 39.9 Å². The molecule has 1 N–H and O–H groups in total. The number of fused-ring (bicyclic) bond motifs is 4. The van der Waals surface area contributed by atoms with Crippen molar-refractivity contribution in [1.29, 1.82) is 0 Å².